The molecule has 130 valence electrons. The molecule has 0 aromatic heterocycles. The average Bonchev–Trinajstić information content (AvgIpc) is 2.64. The van der Waals surface area contributed by atoms with Crippen LogP contribution in [-0.4, -0.2) is 26.2 Å². The van der Waals surface area contributed by atoms with E-state index in [4.69, 9.17) is 9.47 Å². The van der Waals surface area contributed by atoms with Gasteiger partial charge < -0.3 is 14.2 Å². The first kappa shape index (κ1) is 18.2. The maximum absolute atomic E-state index is 13.6. The zero-order valence-electron chi connectivity index (χ0n) is 13.8. The highest BCUT2D eigenvalue weighted by Gasteiger charge is 2.07. The van der Waals surface area contributed by atoms with Gasteiger partial charge in [0.15, 0.2) is 11.6 Å². The number of hydrogen-bond donors (Lipinski definition) is 0. The number of carbonyl (C=O) groups excluding carboxylic acids is 2. The monoisotopic (exact) mass is 344 g/mol. The number of ether oxygens (including phenoxy) is 3. The van der Waals surface area contributed by atoms with Gasteiger partial charge in [-0.25, -0.2) is 14.0 Å². The van der Waals surface area contributed by atoms with Crippen LogP contribution in [0.15, 0.2) is 48.5 Å². The maximum atomic E-state index is 13.6. The zero-order valence-corrected chi connectivity index (χ0v) is 13.8. The SMILES string of the molecule is COC(=O)c1cccc(COC(=O)/C=C/c2ccc(OC)c(F)c2)c1. The molecule has 25 heavy (non-hydrogen) atoms. The molecule has 0 N–H and O–H groups in total. The molecule has 2 aromatic rings. The van der Waals surface area contributed by atoms with Gasteiger partial charge in [0.2, 0.25) is 0 Å². The van der Waals surface area contributed by atoms with Gasteiger partial charge in [-0.05, 0) is 41.5 Å². The van der Waals surface area contributed by atoms with E-state index in [1.807, 2.05) is 0 Å². The predicted molar refractivity (Wildman–Crippen MR) is 89.6 cm³/mol. The number of rotatable bonds is 6. The lowest BCUT2D eigenvalue weighted by atomic mass is 10.1. The fourth-order valence-corrected chi connectivity index (χ4v) is 2.06. The Morgan fingerprint density at radius 3 is 2.60 bits per heavy atom. The summed E-state index contributed by atoms with van der Waals surface area (Å²) in [5, 5.41) is 0. The fraction of sp³-hybridized carbons (Fsp3) is 0.158. The van der Waals surface area contributed by atoms with Crippen molar-refractivity contribution in [2.24, 2.45) is 0 Å². The van der Waals surface area contributed by atoms with Gasteiger partial charge in [-0.15, -0.1) is 0 Å². The van der Waals surface area contributed by atoms with E-state index in [1.165, 1.54) is 38.5 Å². The molecular weight excluding hydrogens is 327 g/mol. The second-order valence-corrected chi connectivity index (χ2v) is 5.03. The molecule has 0 atom stereocenters. The van der Waals surface area contributed by atoms with Crippen LogP contribution in [0.2, 0.25) is 0 Å². The molecule has 2 rings (SSSR count). The molecule has 0 aliphatic heterocycles. The van der Waals surface area contributed by atoms with Gasteiger partial charge in [0.05, 0.1) is 19.8 Å². The highest BCUT2D eigenvalue weighted by Crippen LogP contribution is 2.18. The normalized spacial score (nSPS) is 10.5. The van der Waals surface area contributed by atoms with Crippen molar-refractivity contribution < 1.29 is 28.2 Å². The van der Waals surface area contributed by atoms with E-state index in [9.17, 15) is 14.0 Å². The summed E-state index contributed by atoms with van der Waals surface area (Å²) in [5.74, 6) is -1.43. The summed E-state index contributed by atoms with van der Waals surface area (Å²) in [6.07, 6.45) is 2.64. The minimum absolute atomic E-state index is 0.00494. The molecular formula is C19H17FO5. The van der Waals surface area contributed by atoms with Gasteiger partial charge in [-0.3, -0.25) is 0 Å². The van der Waals surface area contributed by atoms with Crippen LogP contribution in [-0.2, 0) is 20.9 Å². The number of methoxy groups -OCH3 is 2. The topological polar surface area (TPSA) is 61.8 Å². The Morgan fingerprint density at radius 1 is 1.12 bits per heavy atom. The molecule has 0 spiro atoms. The molecule has 0 amide bonds. The van der Waals surface area contributed by atoms with Crippen molar-refractivity contribution in [3.8, 4) is 5.75 Å². The minimum Gasteiger partial charge on any atom is -0.494 e. The maximum Gasteiger partial charge on any atom is 0.337 e. The summed E-state index contributed by atoms with van der Waals surface area (Å²) in [5.41, 5.74) is 1.53. The first-order valence-electron chi connectivity index (χ1n) is 7.39. The molecule has 0 bridgehead atoms. The van der Waals surface area contributed by atoms with Crippen molar-refractivity contribution in [3.63, 3.8) is 0 Å². The number of hydrogen-bond acceptors (Lipinski definition) is 5. The molecule has 0 aliphatic carbocycles. The van der Waals surface area contributed by atoms with E-state index < -0.39 is 17.8 Å². The van der Waals surface area contributed by atoms with Gasteiger partial charge in [-0.2, -0.15) is 0 Å². The summed E-state index contributed by atoms with van der Waals surface area (Å²) in [6, 6.07) is 10.9. The highest BCUT2D eigenvalue weighted by atomic mass is 19.1. The second kappa shape index (κ2) is 8.63. The largest absolute Gasteiger partial charge is 0.494 e. The van der Waals surface area contributed by atoms with Crippen LogP contribution in [0.5, 0.6) is 5.75 Å². The molecule has 0 unspecified atom stereocenters. The number of benzene rings is 2. The van der Waals surface area contributed by atoms with Crippen LogP contribution < -0.4 is 4.74 Å². The van der Waals surface area contributed by atoms with Crippen LogP contribution >= 0.6 is 0 Å². The van der Waals surface area contributed by atoms with Gasteiger partial charge >= 0.3 is 11.9 Å². The van der Waals surface area contributed by atoms with E-state index >= 15 is 0 Å². The smallest absolute Gasteiger partial charge is 0.337 e. The summed E-state index contributed by atoms with van der Waals surface area (Å²) >= 11 is 0. The fourth-order valence-electron chi connectivity index (χ4n) is 2.06. The van der Waals surface area contributed by atoms with Crippen LogP contribution in [0.1, 0.15) is 21.5 Å². The van der Waals surface area contributed by atoms with Gasteiger partial charge in [0.1, 0.15) is 6.61 Å². The summed E-state index contributed by atoms with van der Waals surface area (Å²) < 4.78 is 28.1. The van der Waals surface area contributed by atoms with Crippen molar-refractivity contribution in [2.75, 3.05) is 14.2 Å². The first-order valence-corrected chi connectivity index (χ1v) is 7.39. The Balaban J connectivity index is 1.94. The van der Waals surface area contributed by atoms with Crippen molar-refractivity contribution >= 4 is 18.0 Å². The minimum atomic E-state index is -0.584. The Labute approximate surface area is 144 Å². The van der Waals surface area contributed by atoms with E-state index in [-0.39, 0.29) is 12.4 Å². The first-order chi connectivity index (χ1) is 12.0. The zero-order chi connectivity index (χ0) is 18.2. The molecule has 0 saturated carbocycles. The third-order valence-electron chi connectivity index (χ3n) is 3.32. The molecule has 2 aromatic carbocycles. The van der Waals surface area contributed by atoms with Crippen molar-refractivity contribution in [1.29, 1.82) is 0 Å². The van der Waals surface area contributed by atoms with E-state index in [2.05, 4.69) is 4.74 Å². The molecule has 0 fully saturated rings. The Hall–Kier alpha value is -3.15. The molecule has 0 radical (unpaired) electrons. The van der Waals surface area contributed by atoms with Gasteiger partial charge in [0, 0.05) is 6.08 Å². The quantitative estimate of drug-likeness (QED) is 0.594. The third kappa shape index (κ3) is 5.17. The molecule has 0 aliphatic rings. The van der Waals surface area contributed by atoms with Crippen LogP contribution in [0.4, 0.5) is 4.39 Å². The number of halogens is 1. The highest BCUT2D eigenvalue weighted by molar-refractivity contribution is 5.89. The standard InChI is InChI=1S/C19H17FO5/c1-23-17-8-6-13(11-16(17)20)7-9-18(21)25-12-14-4-3-5-15(10-14)19(22)24-2/h3-11H,12H2,1-2H3/b9-7+. The summed E-state index contributed by atoms with van der Waals surface area (Å²) in [6.45, 7) is 0.00494. The Bertz CT molecular complexity index is 798. The van der Waals surface area contributed by atoms with Crippen LogP contribution in [0.25, 0.3) is 6.08 Å². The average molecular weight is 344 g/mol. The lowest BCUT2D eigenvalue weighted by molar-refractivity contribution is -0.138. The van der Waals surface area contributed by atoms with Crippen molar-refractivity contribution in [1.82, 2.24) is 0 Å². The Morgan fingerprint density at radius 2 is 1.92 bits per heavy atom. The van der Waals surface area contributed by atoms with Crippen molar-refractivity contribution in [3.05, 3.63) is 71.0 Å². The van der Waals surface area contributed by atoms with Gasteiger partial charge in [0.25, 0.3) is 0 Å². The molecule has 5 nitrogen and oxygen atoms in total. The number of esters is 2. The lowest BCUT2D eigenvalue weighted by Gasteiger charge is -2.05. The third-order valence-corrected chi connectivity index (χ3v) is 3.32. The Kier molecular flexibility index (Phi) is 6.28. The molecule has 6 heteroatoms. The van der Waals surface area contributed by atoms with Crippen LogP contribution in [0.3, 0.4) is 0 Å². The lowest BCUT2D eigenvalue weighted by Crippen LogP contribution is -2.04. The van der Waals surface area contributed by atoms with Crippen LogP contribution in [0, 0.1) is 5.82 Å². The van der Waals surface area contributed by atoms with Gasteiger partial charge in [-0.1, -0.05) is 18.2 Å². The second-order valence-electron chi connectivity index (χ2n) is 5.03. The predicted octanol–water partition coefficient (Wildman–Crippen LogP) is 3.38. The van der Waals surface area contributed by atoms with E-state index in [0.29, 0.717) is 16.7 Å². The summed E-state index contributed by atoms with van der Waals surface area (Å²) in [7, 11) is 2.67. The van der Waals surface area contributed by atoms with Crippen molar-refractivity contribution in [2.45, 2.75) is 6.61 Å². The molecule has 0 heterocycles. The van der Waals surface area contributed by atoms with E-state index in [0.717, 1.165) is 0 Å². The molecule has 0 saturated heterocycles. The number of carbonyl (C=O) groups is 2. The van der Waals surface area contributed by atoms with E-state index in [1.54, 1.807) is 30.3 Å². The summed E-state index contributed by atoms with van der Waals surface area (Å²) in [4.78, 5) is 23.2.